The van der Waals surface area contributed by atoms with E-state index in [2.05, 4.69) is 22.2 Å². The Morgan fingerprint density at radius 1 is 1.00 bits per heavy atom. The molecule has 0 aromatic carbocycles. The molecule has 2 aliphatic rings. The van der Waals surface area contributed by atoms with Crippen molar-refractivity contribution in [3.8, 4) is 0 Å². The molecule has 15 nitrogen and oxygen atoms in total. The number of nitrogens with zero attached hydrogens (tertiary/aromatic N) is 2. The van der Waals surface area contributed by atoms with Gasteiger partial charge in [0, 0.05) is 36.4 Å². The molecule has 0 bridgehead atoms. The van der Waals surface area contributed by atoms with E-state index in [0.29, 0.717) is 0 Å². The molecule has 1 unspecified atom stereocenters. The molecule has 4 rings (SSSR count). The molecular formula is C20H28N4O11PS+. The summed E-state index contributed by atoms with van der Waals surface area (Å²) in [6.45, 7) is 2.20. The first kappa shape index (κ1) is 27.9. The molecule has 2 aliphatic heterocycles. The summed E-state index contributed by atoms with van der Waals surface area (Å²) in [4.78, 5) is 62.6. The molecule has 7 atom stereocenters. The highest BCUT2D eigenvalue weighted by atomic mass is 32.7. The predicted molar refractivity (Wildman–Crippen MR) is 131 cm³/mol. The van der Waals surface area contributed by atoms with E-state index in [1.807, 2.05) is 0 Å². The second-order valence-corrected chi connectivity index (χ2v) is 11.8. The van der Waals surface area contributed by atoms with Crippen molar-refractivity contribution in [2.45, 2.75) is 63.6 Å². The quantitative estimate of drug-likeness (QED) is 0.163. The Balaban J connectivity index is 1.39. The SMILES string of the molecule is Cc1cn([C@H]2C[C@H](O[P+](O)(S)OC[C@H]3O[C@@H](n4cc(C)c(=O)[nH]c4=O)C[C@@H]3O)[C@@H](CO)O2)c(=O)[nH]c1=O. The lowest BCUT2D eigenvalue weighted by Crippen LogP contribution is -2.33. The Hall–Kier alpha value is -2.14. The highest BCUT2D eigenvalue weighted by Crippen LogP contribution is 2.64. The van der Waals surface area contributed by atoms with E-state index in [4.69, 9.17) is 18.5 Å². The first-order valence-electron chi connectivity index (χ1n) is 11.3. The van der Waals surface area contributed by atoms with Crippen molar-refractivity contribution in [1.82, 2.24) is 19.1 Å². The Morgan fingerprint density at radius 2 is 1.51 bits per heavy atom. The van der Waals surface area contributed by atoms with Crippen LogP contribution in [-0.4, -0.2) is 71.8 Å². The van der Waals surface area contributed by atoms with E-state index >= 15 is 0 Å². The molecule has 37 heavy (non-hydrogen) atoms. The zero-order chi connectivity index (χ0) is 27.1. The van der Waals surface area contributed by atoms with Gasteiger partial charge in [0.2, 0.25) is 0 Å². The number of thiol groups is 1. The number of ether oxygens (including phenoxy) is 2. The summed E-state index contributed by atoms with van der Waals surface area (Å²) in [5, 5.41) is 20.1. The van der Waals surface area contributed by atoms with Crippen molar-refractivity contribution in [2.75, 3.05) is 13.2 Å². The fraction of sp³-hybridized carbons (Fsp3) is 0.600. The van der Waals surface area contributed by atoms with Crippen LogP contribution in [0.15, 0.2) is 31.6 Å². The number of aliphatic hydroxyl groups excluding tert-OH is 2. The van der Waals surface area contributed by atoms with Crippen LogP contribution in [0.5, 0.6) is 0 Å². The second kappa shape index (κ2) is 10.9. The summed E-state index contributed by atoms with van der Waals surface area (Å²) in [5.74, 6) is 0. The molecule has 204 valence electrons. The van der Waals surface area contributed by atoms with Crippen LogP contribution in [-0.2, 0) is 18.5 Å². The topological polar surface area (TPSA) is 207 Å². The highest BCUT2D eigenvalue weighted by molar-refractivity contribution is 8.47. The van der Waals surface area contributed by atoms with Gasteiger partial charge < -0.3 is 19.7 Å². The molecule has 17 heteroatoms. The Morgan fingerprint density at radius 3 is 2.05 bits per heavy atom. The minimum Gasteiger partial charge on any atom is -0.394 e. The molecule has 0 spiro atoms. The molecule has 2 aromatic heterocycles. The molecule has 2 aromatic rings. The minimum atomic E-state index is -3.83. The summed E-state index contributed by atoms with van der Waals surface area (Å²) < 4.78 is 24.7. The van der Waals surface area contributed by atoms with Gasteiger partial charge in [-0.2, -0.15) is 13.9 Å². The summed E-state index contributed by atoms with van der Waals surface area (Å²) in [5.41, 5.74) is -1.89. The van der Waals surface area contributed by atoms with Crippen LogP contribution in [0.3, 0.4) is 0 Å². The zero-order valence-electron chi connectivity index (χ0n) is 19.8. The number of aliphatic hydroxyl groups is 2. The van der Waals surface area contributed by atoms with Crippen LogP contribution in [0, 0.1) is 13.8 Å². The van der Waals surface area contributed by atoms with Gasteiger partial charge in [-0.15, -0.1) is 0 Å². The third kappa shape index (κ3) is 6.13. The molecule has 0 amide bonds. The van der Waals surface area contributed by atoms with E-state index in [0.717, 1.165) is 9.13 Å². The van der Waals surface area contributed by atoms with Crippen molar-refractivity contribution in [2.24, 2.45) is 0 Å². The second-order valence-electron chi connectivity index (χ2n) is 8.87. The van der Waals surface area contributed by atoms with Crippen LogP contribution >= 0.6 is 19.4 Å². The van der Waals surface area contributed by atoms with Crippen LogP contribution in [0.4, 0.5) is 0 Å². The number of hydrogen-bond donors (Lipinski definition) is 6. The fourth-order valence-electron chi connectivity index (χ4n) is 4.16. The predicted octanol–water partition coefficient (Wildman–Crippen LogP) is -1.37. The number of aryl methyl sites for hydroxylation is 2. The maximum Gasteiger partial charge on any atom is 0.475 e. The van der Waals surface area contributed by atoms with Crippen LogP contribution < -0.4 is 22.5 Å². The first-order chi connectivity index (χ1) is 17.4. The fourth-order valence-corrected chi connectivity index (χ4v) is 5.70. The lowest BCUT2D eigenvalue weighted by Gasteiger charge is -2.20. The van der Waals surface area contributed by atoms with Gasteiger partial charge in [-0.1, -0.05) is 0 Å². The number of rotatable bonds is 8. The van der Waals surface area contributed by atoms with Crippen molar-refractivity contribution in [3.05, 3.63) is 65.2 Å². The molecule has 0 saturated carbocycles. The number of hydrogen-bond acceptors (Lipinski definition) is 12. The third-order valence-electron chi connectivity index (χ3n) is 6.16. The highest BCUT2D eigenvalue weighted by Gasteiger charge is 2.49. The summed E-state index contributed by atoms with van der Waals surface area (Å²) in [7, 11) is -3.83. The monoisotopic (exact) mass is 563 g/mol. The number of aromatic nitrogens is 4. The smallest absolute Gasteiger partial charge is 0.394 e. The van der Waals surface area contributed by atoms with Gasteiger partial charge >= 0.3 is 18.5 Å². The lowest BCUT2D eigenvalue weighted by molar-refractivity contribution is -0.0535. The first-order valence-corrected chi connectivity index (χ1v) is 14.0. The van der Waals surface area contributed by atoms with Gasteiger partial charge in [-0.3, -0.25) is 28.7 Å². The number of aromatic amines is 2. The minimum absolute atomic E-state index is 0.0295. The number of nitrogens with one attached hydrogen (secondary N) is 2. The lowest BCUT2D eigenvalue weighted by atomic mass is 10.2. The maximum atomic E-state index is 12.2. The summed E-state index contributed by atoms with van der Waals surface area (Å²) in [6, 6.07) is 0. The average Bonchev–Trinajstić information content (AvgIpc) is 3.39. The summed E-state index contributed by atoms with van der Waals surface area (Å²) in [6.07, 6.45) is -2.91. The third-order valence-corrected chi connectivity index (χ3v) is 7.82. The van der Waals surface area contributed by atoms with E-state index in [9.17, 15) is 34.3 Å². The normalized spacial score (nSPS) is 29.5. The van der Waals surface area contributed by atoms with E-state index < -0.39 is 73.1 Å². The average molecular weight is 564 g/mol. The zero-order valence-corrected chi connectivity index (χ0v) is 21.6. The molecule has 2 saturated heterocycles. The van der Waals surface area contributed by atoms with Gasteiger partial charge in [-0.25, -0.2) is 9.59 Å². The Bertz CT molecular complexity index is 1370. The maximum absolute atomic E-state index is 12.2. The molecule has 5 N–H and O–H groups in total. The summed E-state index contributed by atoms with van der Waals surface area (Å²) >= 11 is 4.08. The van der Waals surface area contributed by atoms with Crippen LogP contribution in [0.1, 0.15) is 36.4 Å². The van der Waals surface area contributed by atoms with Crippen molar-refractivity contribution >= 4 is 19.4 Å². The van der Waals surface area contributed by atoms with E-state index in [-0.39, 0.29) is 30.6 Å². The van der Waals surface area contributed by atoms with Gasteiger partial charge in [0.25, 0.3) is 11.1 Å². The number of H-pyrrole nitrogens is 2. The molecule has 0 aliphatic carbocycles. The van der Waals surface area contributed by atoms with Crippen molar-refractivity contribution in [3.63, 3.8) is 0 Å². The Kier molecular flexibility index (Phi) is 8.23. The molecule has 2 fully saturated rings. The van der Waals surface area contributed by atoms with Gasteiger partial charge in [0.1, 0.15) is 37.4 Å². The van der Waals surface area contributed by atoms with Gasteiger partial charge in [-0.05, 0) is 13.8 Å². The van der Waals surface area contributed by atoms with Gasteiger partial charge in [0.05, 0.1) is 25.0 Å². The van der Waals surface area contributed by atoms with Gasteiger partial charge in [0.15, 0.2) is 0 Å². The Labute approximate surface area is 214 Å². The van der Waals surface area contributed by atoms with E-state index in [1.165, 1.54) is 26.2 Å². The van der Waals surface area contributed by atoms with Crippen LogP contribution in [0.25, 0.3) is 0 Å². The van der Waals surface area contributed by atoms with E-state index in [1.54, 1.807) is 0 Å². The largest absolute Gasteiger partial charge is 0.475 e. The van der Waals surface area contributed by atoms with Crippen molar-refractivity contribution in [1.29, 1.82) is 0 Å². The molecule has 0 radical (unpaired) electrons. The molecular weight excluding hydrogens is 535 g/mol. The molecule has 4 heterocycles. The van der Waals surface area contributed by atoms with Crippen molar-refractivity contribution < 1.29 is 33.6 Å². The van der Waals surface area contributed by atoms with Crippen LogP contribution in [0.2, 0.25) is 0 Å². The standard InChI is InChI=1S/C20H27N4O11PS/c1-9-5-23(19(29)21-17(9)27)15-3-11(26)14(34-15)8-32-36(31,37)35-12-4-16(33-13(12)7-25)24-6-10(2)18(28)22-20(24)30/h5-6,11-16,25-26,31,37H,3-4,7-8H2,1-2H3,(H-,21,22,27,28,29,30)/p+1/t11-,12-,13+,14+,15+,16+,36?/m0/s1.